The molecule has 0 spiro atoms. The molecule has 0 aliphatic heterocycles. The number of thiophene rings is 1. The molecule has 0 atom stereocenters. The zero-order chi connectivity index (χ0) is 14.5. The van der Waals surface area contributed by atoms with Crippen LogP contribution in [0, 0.1) is 13.8 Å². The quantitative estimate of drug-likeness (QED) is 0.860. The van der Waals surface area contributed by atoms with Gasteiger partial charge >= 0.3 is 0 Å². The first-order chi connectivity index (χ1) is 9.60. The van der Waals surface area contributed by atoms with E-state index in [1.807, 2.05) is 25.1 Å². The summed E-state index contributed by atoms with van der Waals surface area (Å²) < 4.78 is 0. The van der Waals surface area contributed by atoms with Gasteiger partial charge in [0, 0.05) is 29.2 Å². The highest BCUT2D eigenvalue weighted by molar-refractivity contribution is 7.10. The van der Waals surface area contributed by atoms with E-state index in [0.717, 1.165) is 17.9 Å². The van der Waals surface area contributed by atoms with Crippen LogP contribution in [0.25, 0.3) is 0 Å². The molecule has 0 aliphatic rings. The lowest BCUT2D eigenvalue weighted by molar-refractivity contribution is -0.115. The van der Waals surface area contributed by atoms with Gasteiger partial charge in [0.15, 0.2) is 0 Å². The predicted molar refractivity (Wildman–Crippen MR) is 86.5 cm³/mol. The first kappa shape index (κ1) is 14.6. The molecule has 1 aromatic carbocycles. The van der Waals surface area contributed by atoms with E-state index < -0.39 is 0 Å². The molecule has 0 unspecified atom stereocenters. The second kappa shape index (κ2) is 6.57. The third-order valence-electron chi connectivity index (χ3n) is 3.25. The van der Waals surface area contributed by atoms with Gasteiger partial charge in [0.05, 0.1) is 0 Å². The lowest BCUT2D eigenvalue weighted by Crippen LogP contribution is -2.10. The van der Waals surface area contributed by atoms with Crippen molar-refractivity contribution in [1.29, 1.82) is 0 Å². The Morgan fingerprint density at radius 1 is 1.20 bits per heavy atom. The number of carbonyl (C=O) groups is 1. The van der Waals surface area contributed by atoms with Gasteiger partial charge in [0.1, 0.15) is 0 Å². The zero-order valence-corrected chi connectivity index (χ0v) is 12.9. The van der Waals surface area contributed by atoms with Crippen LogP contribution in [0.4, 0.5) is 11.4 Å². The molecule has 1 amide bonds. The van der Waals surface area contributed by atoms with E-state index in [0.29, 0.717) is 6.42 Å². The van der Waals surface area contributed by atoms with Crippen molar-refractivity contribution in [1.82, 2.24) is 0 Å². The van der Waals surface area contributed by atoms with Crippen molar-refractivity contribution in [2.45, 2.75) is 33.7 Å². The fraction of sp³-hybridized carbons (Fsp3) is 0.312. The van der Waals surface area contributed by atoms with Gasteiger partial charge in [-0.05, 0) is 48.6 Å². The van der Waals surface area contributed by atoms with E-state index >= 15 is 0 Å². The zero-order valence-electron chi connectivity index (χ0n) is 12.1. The molecule has 0 saturated carbocycles. The third kappa shape index (κ3) is 3.61. The van der Waals surface area contributed by atoms with E-state index in [1.54, 1.807) is 11.3 Å². The van der Waals surface area contributed by atoms with Gasteiger partial charge in [-0.1, -0.05) is 13.0 Å². The van der Waals surface area contributed by atoms with E-state index in [2.05, 4.69) is 35.9 Å². The molecule has 2 aromatic rings. The van der Waals surface area contributed by atoms with Gasteiger partial charge < -0.3 is 10.6 Å². The number of hydrogen-bond acceptors (Lipinski definition) is 3. The van der Waals surface area contributed by atoms with Crippen molar-refractivity contribution in [2.75, 3.05) is 10.6 Å². The van der Waals surface area contributed by atoms with Crippen LogP contribution in [0.5, 0.6) is 0 Å². The molecule has 2 rings (SSSR count). The molecule has 0 saturated heterocycles. The molecule has 2 N–H and O–H groups in total. The normalized spacial score (nSPS) is 10.3. The highest BCUT2D eigenvalue weighted by Gasteiger charge is 2.05. The Bertz CT molecular complexity index is 604. The molecule has 1 heterocycles. The molecule has 4 heteroatoms. The summed E-state index contributed by atoms with van der Waals surface area (Å²) in [4.78, 5) is 12.8. The Balaban J connectivity index is 2.08. The molecule has 0 bridgehead atoms. The van der Waals surface area contributed by atoms with Gasteiger partial charge in [0.25, 0.3) is 0 Å². The Labute approximate surface area is 124 Å². The fourth-order valence-corrected chi connectivity index (χ4v) is 2.75. The average molecular weight is 288 g/mol. The van der Waals surface area contributed by atoms with Gasteiger partial charge in [0.2, 0.25) is 5.91 Å². The number of carbonyl (C=O) groups excluding carboxylic acids is 1. The SMILES string of the molecule is CCC(=O)Nc1ccc(C)c(NCc2sccc2C)c1. The van der Waals surface area contributed by atoms with Crippen molar-refractivity contribution >= 4 is 28.6 Å². The molecular weight excluding hydrogens is 268 g/mol. The van der Waals surface area contributed by atoms with Crippen LogP contribution in [0.2, 0.25) is 0 Å². The number of rotatable bonds is 5. The number of nitrogens with one attached hydrogen (secondary N) is 2. The summed E-state index contributed by atoms with van der Waals surface area (Å²) in [5, 5.41) is 8.44. The fourth-order valence-electron chi connectivity index (χ4n) is 1.90. The molecule has 0 aliphatic carbocycles. The van der Waals surface area contributed by atoms with Crippen molar-refractivity contribution in [3.05, 3.63) is 45.6 Å². The third-order valence-corrected chi connectivity index (χ3v) is 4.27. The largest absolute Gasteiger partial charge is 0.380 e. The van der Waals surface area contributed by atoms with E-state index in [9.17, 15) is 4.79 Å². The van der Waals surface area contributed by atoms with Crippen LogP contribution in [0.1, 0.15) is 29.3 Å². The lowest BCUT2D eigenvalue weighted by atomic mass is 10.1. The Kier molecular flexibility index (Phi) is 4.79. The van der Waals surface area contributed by atoms with Crippen LogP contribution in [0.3, 0.4) is 0 Å². The topological polar surface area (TPSA) is 41.1 Å². The summed E-state index contributed by atoms with van der Waals surface area (Å²) >= 11 is 1.76. The van der Waals surface area contributed by atoms with Gasteiger partial charge in [-0.2, -0.15) is 0 Å². The number of benzene rings is 1. The summed E-state index contributed by atoms with van der Waals surface area (Å²) in [7, 11) is 0. The minimum atomic E-state index is 0.0360. The van der Waals surface area contributed by atoms with Crippen molar-refractivity contribution in [3.63, 3.8) is 0 Å². The summed E-state index contributed by atoms with van der Waals surface area (Å²) in [6.45, 7) is 6.85. The average Bonchev–Trinajstić information content (AvgIpc) is 2.84. The summed E-state index contributed by atoms with van der Waals surface area (Å²) in [6.07, 6.45) is 0.491. The van der Waals surface area contributed by atoms with Crippen LogP contribution in [-0.2, 0) is 11.3 Å². The predicted octanol–water partition coefficient (Wildman–Crippen LogP) is 4.33. The van der Waals surface area contributed by atoms with Gasteiger partial charge in [-0.25, -0.2) is 0 Å². The molecule has 20 heavy (non-hydrogen) atoms. The highest BCUT2D eigenvalue weighted by atomic mass is 32.1. The number of aryl methyl sites for hydroxylation is 2. The second-order valence-electron chi connectivity index (χ2n) is 4.81. The Hall–Kier alpha value is -1.81. The minimum absolute atomic E-state index is 0.0360. The van der Waals surface area contributed by atoms with Crippen molar-refractivity contribution in [2.24, 2.45) is 0 Å². The van der Waals surface area contributed by atoms with Crippen molar-refractivity contribution in [3.8, 4) is 0 Å². The standard InChI is InChI=1S/C16H20N2OS/c1-4-16(19)18-13-6-5-11(2)14(9-13)17-10-15-12(3)7-8-20-15/h5-9,17H,4,10H2,1-3H3,(H,18,19). The molecule has 3 nitrogen and oxygen atoms in total. The number of anilines is 2. The van der Waals surface area contributed by atoms with E-state index in [4.69, 9.17) is 0 Å². The first-order valence-corrected chi connectivity index (χ1v) is 7.65. The monoisotopic (exact) mass is 288 g/mol. The van der Waals surface area contributed by atoms with Crippen molar-refractivity contribution < 1.29 is 4.79 Å². The molecule has 0 radical (unpaired) electrons. The molecule has 106 valence electrons. The summed E-state index contributed by atoms with van der Waals surface area (Å²) in [5.74, 6) is 0.0360. The lowest BCUT2D eigenvalue weighted by Gasteiger charge is -2.12. The summed E-state index contributed by atoms with van der Waals surface area (Å²) in [5.41, 5.74) is 4.39. The van der Waals surface area contributed by atoms with Crippen LogP contribution in [0.15, 0.2) is 29.6 Å². The highest BCUT2D eigenvalue weighted by Crippen LogP contribution is 2.23. The van der Waals surface area contributed by atoms with Crippen LogP contribution < -0.4 is 10.6 Å². The van der Waals surface area contributed by atoms with Gasteiger partial charge in [-0.15, -0.1) is 11.3 Å². The Morgan fingerprint density at radius 2 is 2.00 bits per heavy atom. The molecule has 1 aromatic heterocycles. The van der Waals surface area contributed by atoms with Gasteiger partial charge in [-0.3, -0.25) is 4.79 Å². The van der Waals surface area contributed by atoms with E-state index in [-0.39, 0.29) is 5.91 Å². The Morgan fingerprint density at radius 3 is 2.65 bits per heavy atom. The number of amides is 1. The molecular formula is C16H20N2OS. The number of hydrogen-bond donors (Lipinski definition) is 2. The van der Waals surface area contributed by atoms with Crippen LogP contribution in [-0.4, -0.2) is 5.91 Å². The van der Waals surface area contributed by atoms with Crippen LogP contribution >= 0.6 is 11.3 Å². The first-order valence-electron chi connectivity index (χ1n) is 6.77. The second-order valence-corrected chi connectivity index (χ2v) is 5.81. The van der Waals surface area contributed by atoms with E-state index in [1.165, 1.54) is 16.0 Å². The maximum Gasteiger partial charge on any atom is 0.224 e. The molecule has 0 fully saturated rings. The smallest absolute Gasteiger partial charge is 0.224 e. The maximum absolute atomic E-state index is 11.4. The summed E-state index contributed by atoms with van der Waals surface area (Å²) in [6, 6.07) is 8.08. The maximum atomic E-state index is 11.4. The minimum Gasteiger partial charge on any atom is -0.380 e.